The van der Waals surface area contributed by atoms with Crippen molar-refractivity contribution in [1.82, 2.24) is 14.7 Å². The summed E-state index contributed by atoms with van der Waals surface area (Å²) in [6, 6.07) is 0. The van der Waals surface area contributed by atoms with Crippen molar-refractivity contribution in [3.8, 4) is 0 Å². The maximum absolute atomic E-state index is 2.33. The van der Waals surface area contributed by atoms with E-state index in [1.165, 1.54) is 38.9 Å². The van der Waals surface area contributed by atoms with Crippen LogP contribution < -0.4 is 0 Å². The molecule has 0 aliphatic heterocycles. The van der Waals surface area contributed by atoms with Crippen molar-refractivity contribution in [2.24, 2.45) is 0 Å². The van der Waals surface area contributed by atoms with E-state index in [0.717, 1.165) is 0 Å². The van der Waals surface area contributed by atoms with Gasteiger partial charge in [0.25, 0.3) is 0 Å². The Balaban J connectivity index is 3.85. The summed E-state index contributed by atoms with van der Waals surface area (Å²) >= 11 is -0.988. The molecule has 0 aliphatic carbocycles. The topological polar surface area (TPSA) is 9.72 Å². The van der Waals surface area contributed by atoms with Crippen LogP contribution in [-0.4, -0.2) is 91.0 Å². The maximum atomic E-state index is 2.33. The average molecular weight is 332 g/mol. The molecule has 0 fully saturated rings. The number of hydrogen-bond acceptors (Lipinski definition) is 3. The van der Waals surface area contributed by atoms with Crippen LogP contribution in [0.3, 0.4) is 0 Å². The summed E-state index contributed by atoms with van der Waals surface area (Å²) in [6.07, 6.45) is 4.30. The van der Waals surface area contributed by atoms with E-state index in [0.29, 0.717) is 0 Å². The monoisotopic (exact) mass is 333 g/mol. The second-order valence-corrected chi connectivity index (χ2v) is 14.0. The second-order valence-electron chi connectivity index (χ2n) is 6.70. The van der Waals surface area contributed by atoms with Gasteiger partial charge in [-0.15, -0.1) is 0 Å². The standard InChI is InChI=1S/C15H37GeN3/c1-17(2)13-7-10-16(11-8-14-18(3)4)12-9-15-19(5)6/h16H,7-15H2,1-6H3. The minimum absolute atomic E-state index is 0.988. The first-order valence-electron chi connectivity index (χ1n) is 7.86. The zero-order valence-corrected chi connectivity index (χ0v) is 16.7. The van der Waals surface area contributed by atoms with Crippen LogP contribution in [0.5, 0.6) is 0 Å². The van der Waals surface area contributed by atoms with Gasteiger partial charge in [-0.1, -0.05) is 0 Å². The van der Waals surface area contributed by atoms with Crippen molar-refractivity contribution in [1.29, 1.82) is 0 Å². The van der Waals surface area contributed by atoms with E-state index < -0.39 is 14.3 Å². The van der Waals surface area contributed by atoms with Crippen LogP contribution >= 0.6 is 0 Å². The minimum atomic E-state index is -0.988. The first-order valence-corrected chi connectivity index (χ1v) is 13.0. The molecule has 0 saturated heterocycles. The predicted octanol–water partition coefficient (Wildman–Crippen LogP) is 2.07. The summed E-state index contributed by atoms with van der Waals surface area (Å²) in [5, 5.41) is 4.77. The summed E-state index contributed by atoms with van der Waals surface area (Å²) < 4.78 is 0. The molecule has 116 valence electrons. The SMILES string of the molecule is CN(C)CC[CH2][GeH]([CH2]CCN(C)C)[CH2]CCN(C)C. The van der Waals surface area contributed by atoms with Gasteiger partial charge < -0.3 is 0 Å². The molecule has 0 aromatic carbocycles. The van der Waals surface area contributed by atoms with Gasteiger partial charge in [0.1, 0.15) is 0 Å². The zero-order chi connectivity index (χ0) is 14.7. The Labute approximate surface area is 126 Å². The van der Waals surface area contributed by atoms with E-state index >= 15 is 0 Å². The molecule has 0 spiro atoms. The molecule has 0 atom stereocenters. The Morgan fingerprint density at radius 3 is 1.00 bits per heavy atom. The van der Waals surface area contributed by atoms with E-state index in [4.69, 9.17) is 0 Å². The summed E-state index contributed by atoms with van der Waals surface area (Å²) in [5.74, 6) is 0. The van der Waals surface area contributed by atoms with Gasteiger partial charge in [-0.3, -0.25) is 0 Å². The average Bonchev–Trinajstić information content (AvgIpc) is 2.26. The molecule has 0 saturated carbocycles. The van der Waals surface area contributed by atoms with Crippen LogP contribution in [0, 0.1) is 0 Å². The fourth-order valence-corrected chi connectivity index (χ4v) is 9.12. The van der Waals surface area contributed by atoms with Gasteiger partial charge in [0.15, 0.2) is 0 Å². The number of nitrogens with zero attached hydrogens (tertiary/aromatic N) is 3. The van der Waals surface area contributed by atoms with Crippen LogP contribution in [0.15, 0.2) is 0 Å². The third-order valence-electron chi connectivity index (χ3n) is 3.65. The van der Waals surface area contributed by atoms with Crippen LogP contribution in [0.25, 0.3) is 0 Å². The van der Waals surface area contributed by atoms with Gasteiger partial charge in [0.05, 0.1) is 0 Å². The summed E-state index contributed by atoms with van der Waals surface area (Å²) in [4.78, 5) is 7.00. The van der Waals surface area contributed by atoms with Crippen molar-refractivity contribution >= 4 is 14.3 Å². The normalized spacial score (nSPS) is 12.3. The van der Waals surface area contributed by atoms with Gasteiger partial charge >= 0.3 is 126 Å². The van der Waals surface area contributed by atoms with Crippen molar-refractivity contribution in [3.05, 3.63) is 0 Å². The van der Waals surface area contributed by atoms with E-state index in [9.17, 15) is 0 Å². The second kappa shape index (κ2) is 12.2. The molecule has 0 aliphatic rings. The molecule has 0 bridgehead atoms. The molecule has 0 aromatic rings. The number of hydrogen-bond donors (Lipinski definition) is 0. The van der Waals surface area contributed by atoms with E-state index in [1.54, 1.807) is 15.8 Å². The zero-order valence-electron chi connectivity index (χ0n) is 14.3. The Kier molecular flexibility index (Phi) is 12.5. The van der Waals surface area contributed by atoms with Gasteiger partial charge in [0.2, 0.25) is 0 Å². The van der Waals surface area contributed by atoms with Crippen molar-refractivity contribution < 1.29 is 0 Å². The van der Waals surface area contributed by atoms with Crippen LogP contribution in [0.2, 0.25) is 15.8 Å². The van der Waals surface area contributed by atoms with Crippen LogP contribution in [0.1, 0.15) is 19.3 Å². The molecule has 4 heteroatoms. The molecule has 0 heterocycles. The fourth-order valence-electron chi connectivity index (χ4n) is 2.52. The predicted molar refractivity (Wildman–Crippen MR) is 91.1 cm³/mol. The Morgan fingerprint density at radius 2 is 0.789 bits per heavy atom. The molecule has 19 heavy (non-hydrogen) atoms. The van der Waals surface area contributed by atoms with Crippen molar-refractivity contribution in [2.45, 2.75) is 35.0 Å². The Morgan fingerprint density at radius 1 is 0.526 bits per heavy atom. The summed E-state index contributed by atoms with van der Waals surface area (Å²) in [7, 11) is 13.2. The molecule has 0 rings (SSSR count). The molecule has 0 unspecified atom stereocenters. The molecule has 0 amide bonds. The first-order chi connectivity index (χ1) is 8.91. The summed E-state index contributed by atoms with van der Waals surface area (Å²) in [5.41, 5.74) is 0. The van der Waals surface area contributed by atoms with Crippen molar-refractivity contribution in [3.63, 3.8) is 0 Å². The molecule has 0 N–H and O–H groups in total. The molecule has 0 radical (unpaired) electrons. The fraction of sp³-hybridized carbons (Fsp3) is 1.00. The van der Waals surface area contributed by atoms with E-state index in [1.807, 2.05) is 0 Å². The van der Waals surface area contributed by atoms with Crippen LogP contribution in [0.4, 0.5) is 0 Å². The molecular formula is C15H37GeN3. The van der Waals surface area contributed by atoms with E-state index in [-0.39, 0.29) is 0 Å². The Bertz CT molecular complexity index is 163. The summed E-state index contributed by atoms with van der Waals surface area (Å²) in [6.45, 7) is 3.84. The van der Waals surface area contributed by atoms with Gasteiger partial charge in [0, 0.05) is 0 Å². The van der Waals surface area contributed by atoms with Gasteiger partial charge in [-0.2, -0.15) is 0 Å². The van der Waals surface area contributed by atoms with Gasteiger partial charge in [-0.05, 0) is 0 Å². The molecular weight excluding hydrogens is 295 g/mol. The molecule has 3 nitrogen and oxygen atoms in total. The number of rotatable bonds is 12. The Hall–Kier alpha value is 0.423. The third-order valence-corrected chi connectivity index (χ3v) is 11.4. The quantitative estimate of drug-likeness (QED) is 0.507. The first kappa shape index (κ1) is 19.4. The van der Waals surface area contributed by atoms with Crippen molar-refractivity contribution in [2.75, 3.05) is 61.9 Å². The van der Waals surface area contributed by atoms with E-state index in [2.05, 4.69) is 57.0 Å². The van der Waals surface area contributed by atoms with Crippen LogP contribution in [-0.2, 0) is 0 Å². The third kappa shape index (κ3) is 14.6. The molecule has 0 aromatic heterocycles. The van der Waals surface area contributed by atoms with Gasteiger partial charge in [-0.25, -0.2) is 0 Å².